The van der Waals surface area contributed by atoms with Gasteiger partial charge in [-0.25, -0.2) is 0 Å². The third-order valence-electron chi connectivity index (χ3n) is 1.53. The number of hydrogen-bond acceptors (Lipinski definition) is 0. The Morgan fingerprint density at radius 2 is 2.11 bits per heavy atom. The summed E-state index contributed by atoms with van der Waals surface area (Å²) in [6, 6.07) is 0. The van der Waals surface area contributed by atoms with Crippen LogP contribution in [0.4, 0.5) is 0 Å². The number of rotatable bonds is 5. The number of halogens is 1. The van der Waals surface area contributed by atoms with Crippen molar-refractivity contribution in [2.24, 2.45) is 5.92 Å². The molecular weight excluding hydrogens is 132 g/mol. The molecule has 0 amide bonds. The summed E-state index contributed by atoms with van der Waals surface area (Å²) in [5, 5.41) is 0. The number of hydrogen-bond donors (Lipinski definition) is 0. The van der Waals surface area contributed by atoms with Crippen molar-refractivity contribution in [2.75, 3.05) is 5.88 Å². The van der Waals surface area contributed by atoms with Crippen LogP contribution in [0.15, 0.2) is 0 Å². The van der Waals surface area contributed by atoms with E-state index >= 15 is 0 Å². The quantitative estimate of drug-likeness (QED) is 0.524. The summed E-state index contributed by atoms with van der Waals surface area (Å²) in [6.07, 6.45) is 4.72. The second-order valence-electron chi connectivity index (χ2n) is 2.58. The molecule has 0 aromatic heterocycles. The SMILES string of the molecule is [CH2]CCC(C)CCCCl. The molecule has 9 heavy (non-hydrogen) atoms. The molecular formula is C8H16Cl. The predicted molar refractivity (Wildman–Crippen MR) is 43.7 cm³/mol. The molecule has 55 valence electrons. The minimum Gasteiger partial charge on any atom is -0.127 e. The van der Waals surface area contributed by atoms with E-state index in [-0.39, 0.29) is 0 Å². The molecule has 0 aliphatic heterocycles. The second kappa shape index (κ2) is 6.41. The predicted octanol–water partition coefficient (Wildman–Crippen LogP) is 3.26. The lowest BCUT2D eigenvalue weighted by Crippen LogP contribution is -1.93. The van der Waals surface area contributed by atoms with E-state index in [1.807, 2.05) is 0 Å². The van der Waals surface area contributed by atoms with Crippen LogP contribution in [0.5, 0.6) is 0 Å². The highest BCUT2D eigenvalue weighted by molar-refractivity contribution is 6.17. The van der Waals surface area contributed by atoms with Gasteiger partial charge in [-0.3, -0.25) is 0 Å². The van der Waals surface area contributed by atoms with Gasteiger partial charge < -0.3 is 0 Å². The van der Waals surface area contributed by atoms with E-state index in [0.717, 1.165) is 24.6 Å². The standard InChI is InChI=1S/C8H16Cl/c1-3-5-8(2)6-4-7-9/h8H,1,3-7H2,2H3. The minimum absolute atomic E-state index is 0.807. The van der Waals surface area contributed by atoms with Crippen molar-refractivity contribution < 1.29 is 0 Å². The van der Waals surface area contributed by atoms with Crippen molar-refractivity contribution in [3.05, 3.63) is 6.92 Å². The highest BCUT2D eigenvalue weighted by Crippen LogP contribution is 2.11. The summed E-state index contributed by atoms with van der Waals surface area (Å²) < 4.78 is 0. The molecule has 1 atom stereocenters. The van der Waals surface area contributed by atoms with Crippen molar-refractivity contribution in [1.82, 2.24) is 0 Å². The first-order chi connectivity index (χ1) is 4.31. The molecule has 0 aliphatic rings. The lowest BCUT2D eigenvalue weighted by molar-refractivity contribution is 0.491. The van der Waals surface area contributed by atoms with Crippen LogP contribution < -0.4 is 0 Å². The fourth-order valence-electron chi connectivity index (χ4n) is 0.918. The molecule has 0 spiro atoms. The topological polar surface area (TPSA) is 0 Å². The third kappa shape index (κ3) is 6.17. The number of alkyl halides is 1. The van der Waals surface area contributed by atoms with Gasteiger partial charge in [-0.1, -0.05) is 26.7 Å². The average Bonchev–Trinajstić information content (AvgIpc) is 1.85. The minimum atomic E-state index is 0.807. The molecule has 0 fully saturated rings. The smallest absolute Gasteiger partial charge is 0.0223 e. The van der Waals surface area contributed by atoms with Crippen molar-refractivity contribution in [1.29, 1.82) is 0 Å². The van der Waals surface area contributed by atoms with Gasteiger partial charge in [0.2, 0.25) is 0 Å². The van der Waals surface area contributed by atoms with Gasteiger partial charge in [0, 0.05) is 5.88 Å². The Morgan fingerprint density at radius 1 is 1.44 bits per heavy atom. The van der Waals surface area contributed by atoms with E-state index in [4.69, 9.17) is 11.6 Å². The molecule has 1 heteroatoms. The largest absolute Gasteiger partial charge is 0.127 e. The normalized spacial score (nSPS) is 13.7. The van der Waals surface area contributed by atoms with Gasteiger partial charge in [0.15, 0.2) is 0 Å². The molecule has 0 saturated carbocycles. The zero-order valence-corrected chi connectivity index (χ0v) is 6.95. The average molecular weight is 148 g/mol. The fraction of sp³-hybridized carbons (Fsp3) is 0.875. The summed E-state index contributed by atoms with van der Waals surface area (Å²) in [4.78, 5) is 0. The van der Waals surface area contributed by atoms with Gasteiger partial charge in [-0.05, 0) is 18.8 Å². The molecule has 0 aromatic carbocycles. The molecule has 0 aliphatic carbocycles. The first kappa shape index (κ1) is 9.29. The molecule has 1 unspecified atom stereocenters. The van der Waals surface area contributed by atoms with Crippen LogP contribution in [0.25, 0.3) is 0 Å². The van der Waals surface area contributed by atoms with Gasteiger partial charge in [0.05, 0.1) is 0 Å². The first-order valence-electron chi connectivity index (χ1n) is 3.66. The second-order valence-corrected chi connectivity index (χ2v) is 2.96. The van der Waals surface area contributed by atoms with Crippen molar-refractivity contribution in [3.8, 4) is 0 Å². The molecule has 0 saturated heterocycles. The monoisotopic (exact) mass is 147 g/mol. The lowest BCUT2D eigenvalue weighted by atomic mass is 10.0. The van der Waals surface area contributed by atoms with Crippen LogP contribution >= 0.6 is 11.6 Å². The lowest BCUT2D eigenvalue weighted by Gasteiger charge is -2.06. The van der Waals surface area contributed by atoms with Gasteiger partial charge in [0.25, 0.3) is 0 Å². The Hall–Kier alpha value is 0.290. The van der Waals surface area contributed by atoms with Crippen LogP contribution in [0, 0.1) is 12.8 Å². The van der Waals surface area contributed by atoms with Gasteiger partial charge in [-0.2, -0.15) is 0 Å². The summed E-state index contributed by atoms with van der Waals surface area (Å²) >= 11 is 5.53. The van der Waals surface area contributed by atoms with E-state index in [1.165, 1.54) is 12.8 Å². The summed E-state index contributed by atoms with van der Waals surface area (Å²) in [5.74, 6) is 1.63. The summed E-state index contributed by atoms with van der Waals surface area (Å²) in [7, 11) is 0. The fourth-order valence-corrected chi connectivity index (χ4v) is 1.07. The van der Waals surface area contributed by atoms with E-state index in [0.29, 0.717) is 0 Å². The maximum Gasteiger partial charge on any atom is 0.0223 e. The highest BCUT2D eigenvalue weighted by Gasteiger charge is 1.97. The summed E-state index contributed by atoms with van der Waals surface area (Å²) in [5.41, 5.74) is 0. The van der Waals surface area contributed by atoms with E-state index in [9.17, 15) is 0 Å². The van der Waals surface area contributed by atoms with Gasteiger partial charge in [-0.15, -0.1) is 11.6 Å². The molecule has 0 rings (SSSR count). The Bertz CT molecular complexity index is 52.5. The molecule has 0 aromatic rings. The van der Waals surface area contributed by atoms with E-state index in [1.54, 1.807) is 0 Å². The Kier molecular flexibility index (Phi) is 6.62. The van der Waals surface area contributed by atoms with Crippen LogP contribution in [0.1, 0.15) is 32.6 Å². The maximum atomic E-state index is 5.53. The Morgan fingerprint density at radius 3 is 2.56 bits per heavy atom. The van der Waals surface area contributed by atoms with Crippen LogP contribution in [-0.4, -0.2) is 5.88 Å². The summed E-state index contributed by atoms with van der Waals surface area (Å²) in [6.45, 7) is 6.06. The highest BCUT2D eigenvalue weighted by atomic mass is 35.5. The molecule has 0 nitrogen and oxygen atoms in total. The van der Waals surface area contributed by atoms with Crippen molar-refractivity contribution in [2.45, 2.75) is 32.6 Å². The van der Waals surface area contributed by atoms with Crippen molar-refractivity contribution >= 4 is 11.6 Å². The van der Waals surface area contributed by atoms with Crippen molar-refractivity contribution in [3.63, 3.8) is 0 Å². The Labute approximate surface area is 63.6 Å². The van der Waals surface area contributed by atoms with E-state index < -0.39 is 0 Å². The molecule has 1 radical (unpaired) electrons. The zero-order valence-electron chi connectivity index (χ0n) is 6.20. The van der Waals surface area contributed by atoms with Crippen LogP contribution in [0.3, 0.4) is 0 Å². The third-order valence-corrected chi connectivity index (χ3v) is 1.79. The van der Waals surface area contributed by atoms with Crippen LogP contribution in [-0.2, 0) is 0 Å². The van der Waals surface area contributed by atoms with Gasteiger partial charge in [0.1, 0.15) is 0 Å². The van der Waals surface area contributed by atoms with Crippen LogP contribution in [0.2, 0.25) is 0 Å². The zero-order chi connectivity index (χ0) is 7.11. The molecule has 0 bridgehead atoms. The molecule has 0 N–H and O–H groups in total. The van der Waals surface area contributed by atoms with Gasteiger partial charge >= 0.3 is 0 Å². The Balaban J connectivity index is 2.95. The molecule has 0 heterocycles. The van der Waals surface area contributed by atoms with E-state index in [2.05, 4.69) is 13.8 Å². The first-order valence-corrected chi connectivity index (χ1v) is 4.20. The maximum absolute atomic E-state index is 5.53.